The fraction of sp³-hybridized carbons (Fsp3) is 0.172. The Labute approximate surface area is 181 Å². The Kier molecular flexibility index (Phi) is 3.33. The summed E-state index contributed by atoms with van der Waals surface area (Å²) in [4.78, 5) is 0. The monoisotopic (exact) mass is 402 g/mol. The maximum absolute atomic E-state index is 2.40. The number of fused-ring (bicyclic) bond motifs is 9. The lowest BCUT2D eigenvalue weighted by atomic mass is 9.68. The molecule has 1 heterocycles. The first-order valence-electron chi connectivity index (χ1n) is 10.9. The molecule has 1 heteroatoms. The van der Waals surface area contributed by atoms with E-state index >= 15 is 0 Å². The molecular formula is C29H22S. The summed E-state index contributed by atoms with van der Waals surface area (Å²) in [5.74, 6) is 0. The van der Waals surface area contributed by atoms with Crippen LogP contribution in [0, 0.1) is 0 Å². The Morgan fingerprint density at radius 1 is 0.667 bits per heavy atom. The average Bonchev–Trinajstić information content (AvgIpc) is 3.49. The molecule has 0 nitrogen and oxygen atoms in total. The molecular weight excluding hydrogens is 380 g/mol. The largest absolute Gasteiger partial charge is 0.130 e. The first-order valence-corrected chi connectivity index (χ1v) is 11.7. The summed E-state index contributed by atoms with van der Waals surface area (Å²) in [6.07, 6.45) is 8.34. The highest BCUT2D eigenvalue weighted by molar-refractivity contribution is 8.08. The van der Waals surface area contributed by atoms with Gasteiger partial charge in [0.25, 0.3) is 0 Å². The fourth-order valence-corrected chi connectivity index (χ4v) is 8.22. The van der Waals surface area contributed by atoms with Gasteiger partial charge in [-0.15, -0.1) is 11.8 Å². The summed E-state index contributed by atoms with van der Waals surface area (Å²) < 4.78 is 0.0999. The lowest BCUT2D eigenvalue weighted by Crippen LogP contribution is -2.29. The Balaban J connectivity index is 1.60. The van der Waals surface area contributed by atoms with E-state index in [0.717, 1.165) is 0 Å². The summed E-state index contributed by atoms with van der Waals surface area (Å²) >= 11 is 2.20. The van der Waals surface area contributed by atoms with Crippen LogP contribution in [0.3, 0.4) is 0 Å². The lowest BCUT2D eigenvalue weighted by Gasteiger charge is -2.32. The number of aryl methyl sites for hydroxylation is 1. The van der Waals surface area contributed by atoms with E-state index in [1.54, 1.807) is 11.1 Å². The number of hydrogen-bond donors (Lipinski definition) is 0. The van der Waals surface area contributed by atoms with E-state index in [9.17, 15) is 0 Å². The minimum atomic E-state index is -0.0109. The molecule has 1 atom stereocenters. The summed E-state index contributed by atoms with van der Waals surface area (Å²) in [7, 11) is 0. The molecule has 4 aromatic rings. The molecule has 144 valence electrons. The van der Waals surface area contributed by atoms with Crippen molar-refractivity contribution in [2.24, 2.45) is 0 Å². The van der Waals surface area contributed by atoms with Gasteiger partial charge in [-0.2, -0.15) is 0 Å². The Morgan fingerprint density at radius 3 is 2.10 bits per heavy atom. The van der Waals surface area contributed by atoms with Gasteiger partial charge in [-0.3, -0.25) is 0 Å². The molecule has 0 saturated carbocycles. The second-order valence-corrected chi connectivity index (χ2v) is 10.3. The molecule has 1 fully saturated rings. The zero-order valence-corrected chi connectivity index (χ0v) is 17.6. The van der Waals surface area contributed by atoms with E-state index in [4.69, 9.17) is 0 Å². The SMILES string of the molecule is C1=Cc2ccccc2C2(SC23CCCc2ccc4ccccc4c23)c2ccccc21. The van der Waals surface area contributed by atoms with E-state index in [1.165, 1.54) is 52.3 Å². The smallest absolute Gasteiger partial charge is 0.0866 e. The van der Waals surface area contributed by atoms with Gasteiger partial charge in [-0.05, 0) is 63.4 Å². The van der Waals surface area contributed by atoms with Crippen LogP contribution in [-0.4, -0.2) is 0 Å². The van der Waals surface area contributed by atoms with Gasteiger partial charge in [0.2, 0.25) is 0 Å². The van der Waals surface area contributed by atoms with Gasteiger partial charge < -0.3 is 0 Å². The molecule has 3 aliphatic rings. The third kappa shape index (κ3) is 1.99. The molecule has 0 aromatic heterocycles. The highest BCUT2D eigenvalue weighted by Crippen LogP contribution is 2.82. The molecule has 0 amide bonds. The van der Waals surface area contributed by atoms with Gasteiger partial charge in [0.1, 0.15) is 0 Å². The zero-order chi connectivity index (χ0) is 19.8. The maximum atomic E-state index is 2.40. The van der Waals surface area contributed by atoms with Crippen molar-refractivity contribution in [3.8, 4) is 0 Å². The minimum absolute atomic E-state index is 0.0109. The topological polar surface area (TPSA) is 0 Å². The second-order valence-electron chi connectivity index (χ2n) is 8.79. The van der Waals surface area contributed by atoms with E-state index < -0.39 is 0 Å². The first kappa shape index (κ1) is 17.0. The Hall–Kier alpha value is -2.77. The predicted octanol–water partition coefficient (Wildman–Crippen LogP) is 7.55. The van der Waals surface area contributed by atoms with Gasteiger partial charge in [0.05, 0.1) is 9.49 Å². The van der Waals surface area contributed by atoms with Crippen LogP contribution in [-0.2, 0) is 15.9 Å². The van der Waals surface area contributed by atoms with Gasteiger partial charge in [0, 0.05) is 0 Å². The summed E-state index contributed by atoms with van der Waals surface area (Å²) in [6.45, 7) is 0. The number of thioether (sulfide) groups is 1. The molecule has 0 bridgehead atoms. The van der Waals surface area contributed by atoms with Crippen LogP contribution in [0.2, 0.25) is 0 Å². The lowest BCUT2D eigenvalue weighted by molar-refractivity contribution is 0.504. The molecule has 30 heavy (non-hydrogen) atoms. The van der Waals surface area contributed by atoms with Gasteiger partial charge in [0.15, 0.2) is 0 Å². The van der Waals surface area contributed by atoms with Crippen LogP contribution in [0.25, 0.3) is 22.9 Å². The summed E-state index contributed by atoms with van der Waals surface area (Å²) in [5.41, 5.74) is 8.85. The second kappa shape index (κ2) is 5.89. The van der Waals surface area contributed by atoms with Crippen molar-refractivity contribution in [1.29, 1.82) is 0 Å². The van der Waals surface area contributed by atoms with E-state index in [0.29, 0.717) is 0 Å². The predicted molar refractivity (Wildman–Crippen MR) is 129 cm³/mol. The standard InChI is InChI=1S/C29H22S/c1-4-12-24-20(8-1)15-18-23-11-7-19-28(27(23)24)29(30-28)25-13-5-2-9-21(25)16-17-22-10-3-6-14-26(22)29/h1-6,8-10,12-18H,7,11,19H2. The fourth-order valence-electron chi connectivity index (χ4n) is 6.14. The Morgan fingerprint density at radius 2 is 1.33 bits per heavy atom. The third-order valence-corrected chi connectivity index (χ3v) is 9.32. The molecule has 1 aliphatic heterocycles. The molecule has 2 aliphatic carbocycles. The zero-order valence-electron chi connectivity index (χ0n) is 16.8. The maximum Gasteiger partial charge on any atom is 0.0866 e. The quantitative estimate of drug-likeness (QED) is 0.274. The van der Waals surface area contributed by atoms with Gasteiger partial charge in [-0.25, -0.2) is 0 Å². The highest BCUT2D eigenvalue weighted by Gasteiger charge is 2.73. The molecule has 0 radical (unpaired) electrons. The average molecular weight is 403 g/mol. The Bertz CT molecular complexity index is 1310. The van der Waals surface area contributed by atoms with Crippen LogP contribution in [0.1, 0.15) is 46.2 Å². The summed E-state index contributed by atoms with van der Waals surface area (Å²) in [5, 5.41) is 2.82. The number of benzene rings is 4. The van der Waals surface area contributed by atoms with Crippen LogP contribution in [0.4, 0.5) is 0 Å². The minimum Gasteiger partial charge on any atom is -0.130 e. The molecule has 4 aromatic carbocycles. The third-order valence-electron chi connectivity index (χ3n) is 7.37. The van der Waals surface area contributed by atoms with Crippen molar-refractivity contribution in [2.75, 3.05) is 0 Å². The number of hydrogen-bond acceptors (Lipinski definition) is 1. The first-order chi connectivity index (χ1) is 14.8. The summed E-state index contributed by atoms with van der Waals surface area (Å²) in [6, 6.07) is 31.9. The van der Waals surface area contributed by atoms with E-state index in [2.05, 4.69) is 109 Å². The molecule has 2 spiro atoms. The highest BCUT2D eigenvalue weighted by atomic mass is 32.2. The van der Waals surface area contributed by atoms with Crippen LogP contribution < -0.4 is 0 Å². The molecule has 1 unspecified atom stereocenters. The van der Waals surface area contributed by atoms with Crippen molar-refractivity contribution < 1.29 is 0 Å². The molecule has 1 saturated heterocycles. The molecule has 0 N–H and O–H groups in total. The van der Waals surface area contributed by atoms with Crippen molar-refractivity contribution >= 4 is 34.7 Å². The van der Waals surface area contributed by atoms with Crippen molar-refractivity contribution in [3.05, 3.63) is 118 Å². The van der Waals surface area contributed by atoms with Gasteiger partial charge in [-0.1, -0.05) is 97.1 Å². The van der Waals surface area contributed by atoms with Crippen molar-refractivity contribution in [3.63, 3.8) is 0 Å². The van der Waals surface area contributed by atoms with Crippen LogP contribution in [0.5, 0.6) is 0 Å². The van der Waals surface area contributed by atoms with Crippen LogP contribution in [0.15, 0.2) is 84.9 Å². The normalized spacial score (nSPS) is 22.4. The number of rotatable bonds is 0. The van der Waals surface area contributed by atoms with Gasteiger partial charge >= 0.3 is 0 Å². The van der Waals surface area contributed by atoms with Crippen molar-refractivity contribution in [2.45, 2.75) is 28.8 Å². The van der Waals surface area contributed by atoms with E-state index in [-0.39, 0.29) is 9.49 Å². The molecule has 7 rings (SSSR count). The van der Waals surface area contributed by atoms with E-state index in [1.807, 2.05) is 0 Å². The van der Waals surface area contributed by atoms with Crippen LogP contribution >= 0.6 is 11.8 Å². The van der Waals surface area contributed by atoms with Crippen molar-refractivity contribution in [1.82, 2.24) is 0 Å².